The van der Waals surface area contributed by atoms with Gasteiger partial charge in [-0.1, -0.05) is 30.3 Å². The van der Waals surface area contributed by atoms with E-state index < -0.39 is 0 Å². The summed E-state index contributed by atoms with van der Waals surface area (Å²) in [6, 6.07) is 11.5. The average Bonchev–Trinajstić information content (AvgIpc) is 2.67. The van der Waals surface area contributed by atoms with Crippen LogP contribution in [0, 0.1) is 18.4 Å². The fourth-order valence-corrected chi connectivity index (χ4v) is 2.72. The molecule has 2 rings (SSSR count). The minimum Gasteiger partial charge on any atom is -0.356 e. The number of hydrogen-bond acceptors (Lipinski definition) is 4. The van der Waals surface area contributed by atoms with Gasteiger partial charge in [0.05, 0.1) is 5.69 Å². The minimum absolute atomic E-state index is 0.0714. The smallest absolute Gasteiger partial charge is 0.267 e. The number of aliphatic imine (C=N–C) groups is 1. The van der Waals surface area contributed by atoms with Crippen LogP contribution < -0.4 is 16.2 Å². The molecule has 1 aromatic carbocycles. The number of rotatable bonds is 8. The van der Waals surface area contributed by atoms with Crippen LogP contribution in [0.15, 0.2) is 46.2 Å². The van der Waals surface area contributed by atoms with Gasteiger partial charge in [0.15, 0.2) is 6.19 Å². The fraction of sp³-hybridized carbons (Fsp3) is 0.400. The normalized spacial score (nSPS) is 11.1. The van der Waals surface area contributed by atoms with Gasteiger partial charge in [-0.2, -0.15) is 10.4 Å². The van der Waals surface area contributed by atoms with Crippen LogP contribution >= 0.6 is 0 Å². The van der Waals surface area contributed by atoms with E-state index in [0.717, 1.165) is 36.1 Å². The van der Waals surface area contributed by atoms with E-state index in [4.69, 9.17) is 5.26 Å². The topological polar surface area (TPSA) is 95.1 Å². The van der Waals surface area contributed by atoms with Gasteiger partial charge in [0.2, 0.25) is 5.96 Å². The number of nitrogens with zero attached hydrogens (tertiary/aromatic N) is 4. The maximum absolute atomic E-state index is 12.2. The van der Waals surface area contributed by atoms with E-state index in [2.05, 4.69) is 20.7 Å². The third-order valence-corrected chi connectivity index (χ3v) is 4.05. The molecule has 2 aromatic rings. The Morgan fingerprint density at radius 3 is 2.74 bits per heavy atom. The van der Waals surface area contributed by atoms with Gasteiger partial charge in [-0.3, -0.25) is 15.1 Å². The Labute approximate surface area is 159 Å². The van der Waals surface area contributed by atoms with E-state index in [-0.39, 0.29) is 5.56 Å². The summed E-state index contributed by atoms with van der Waals surface area (Å²) in [5, 5.41) is 18.7. The molecular weight excluding hydrogens is 340 g/mol. The highest BCUT2D eigenvalue weighted by molar-refractivity contribution is 5.81. The zero-order chi connectivity index (χ0) is 19.5. The van der Waals surface area contributed by atoms with Gasteiger partial charge in [-0.15, -0.1) is 0 Å². The molecule has 0 fully saturated rings. The molecule has 0 bridgehead atoms. The summed E-state index contributed by atoms with van der Waals surface area (Å²) in [6.07, 6.45) is 4.53. The molecule has 0 atom stereocenters. The second kappa shape index (κ2) is 10.8. The lowest BCUT2D eigenvalue weighted by molar-refractivity contribution is 0.524. The fourth-order valence-electron chi connectivity index (χ4n) is 2.72. The van der Waals surface area contributed by atoms with E-state index in [1.807, 2.05) is 50.4 Å². The van der Waals surface area contributed by atoms with E-state index >= 15 is 0 Å². The van der Waals surface area contributed by atoms with Crippen molar-refractivity contribution in [3.63, 3.8) is 0 Å². The van der Waals surface area contributed by atoms with Crippen molar-refractivity contribution in [1.82, 2.24) is 20.4 Å². The minimum atomic E-state index is -0.0714. The number of benzene rings is 1. The van der Waals surface area contributed by atoms with Crippen molar-refractivity contribution in [2.24, 2.45) is 4.99 Å². The Morgan fingerprint density at radius 1 is 1.26 bits per heavy atom. The number of aromatic nitrogens is 2. The zero-order valence-corrected chi connectivity index (χ0v) is 15.9. The highest BCUT2D eigenvalue weighted by Crippen LogP contribution is 2.18. The number of hydrogen-bond donors (Lipinski definition) is 2. The second-order valence-electron chi connectivity index (χ2n) is 6.16. The van der Waals surface area contributed by atoms with Crippen molar-refractivity contribution < 1.29 is 0 Å². The largest absolute Gasteiger partial charge is 0.356 e. The second-order valence-corrected chi connectivity index (χ2v) is 6.16. The van der Waals surface area contributed by atoms with Crippen LogP contribution in [0.4, 0.5) is 0 Å². The molecule has 0 aliphatic carbocycles. The van der Waals surface area contributed by atoms with Gasteiger partial charge < -0.3 is 5.32 Å². The molecule has 0 saturated heterocycles. The maximum atomic E-state index is 12.2. The molecule has 0 spiro atoms. The summed E-state index contributed by atoms with van der Waals surface area (Å²) in [6.45, 7) is 5.78. The lowest BCUT2D eigenvalue weighted by Crippen LogP contribution is -2.34. The van der Waals surface area contributed by atoms with Crippen molar-refractivity contribution in [2.45, 2.75) is 39.7 Å². The third kappa shape index (κ3) is 6.26. The summed E-state index contributed by atoms with van der Waals surface area (Å²) >= 11 is 0. The molecule has 1 heterocycles. The molecule has 27 heavy (non-hydrogen) atoms. The molecule has 7 nitrogen and oxygen atoms in total. The number of unbranched alkanes of at least 4 members (excludes halogenated alkanes) is 2. The monoisotopic (exact) mass is 366 g/mol. The Balaban J connectivity index is 1.90. The predicted octanol–water partition coefficient (Wildman–Crippen LogP) is 2.43. The van der Waals surface area contributed by atoms with E-state index in [1.165, 1.54) is 0 Å². The number of aryl methyl sites for hydroxylation is 2. The van der Waals surface area contributed by atoms with Crippen LogP contribution in [0.25, 0.3) is 11.3 Å². The van der Waals surface area contributed by atoms with Gasteiger partial charge >= 0.3 is 0 Å². The molecule has 0 radical (unpaired) electrons. The number of nitriles is 1. The van der Waals surface area contributed by atoms with Crippen LogP contribution in [-0.4, -0.2) is 28.8 Å². The lowest BCUT2D eigenvalue weighted by Gasteiger charge is -2.10. The first-order chi connectivity index (χ1) is 13.2. The van der Waals surface area contributed by atoms with Gasteiger partial charge in [-0.05, 0) is 38.7 Å². The van der Waals surface area contributed by atoms with E-state index in [1.54, 1.807) is 10.7 Å². The summed E-state index contributed by atoms with van der Waals surface area (Å²) in [4.78, 5) is 16.5. The molecule has 0 aliphatic rings. The quantitative estimate of drug-likeness (QED) is 0.246. The molecule has 142 valence electrons. The van der Waals surface area contributed by atoms with Crippen molar-refractivity contribution in [3.8, 4) is 17.5 Å². The van der Waals surface area contributed by atoms with E-state index in [0.29, 0.717) is 25.6 Å². The number of guanidine groups is 1. The molecule has 0 amide bonds. The zero-order valence-electron chi connectivity index (χ0n) is 15.9. The highest BCUT2D eigenvalue weighted by atomic mass is 16.1. The van der Waals surface area contributed by atoms with Crippen molar-refractivity contribution in [1.29, 1.82) is 5.26 Å². The first-order valence-corrected chi connectivity index (χ1v) is 9.23. The molecule has 1 aromatic heterocycles. The van der Waals surface area contributed by atoms with Crippen molar-refractivity contribution in [3.05, 3.63) is 52.3 Å². The van der Waals surface area contributed by atoms with Crippen molar-refractivity contribution in [2.75, 3.05) is 13.1 Å². The first kappa shape index (κ1) is 20.2. The molecule has 7 heteroatoms. The summed E-state index contributed by atoms with van der Waals surface area (Å²) < 4.78 is 1.54. The standard InChI is InChI=1S/C20H26N6O/c1-3-22-20(24-15-21)23-12-8-5-9-13-26-18(27)14-16(2)19(25-26)17-10-6-4-7-11-17/h4,6-7,10-11,14H,3,5,8-9,12-13H2,1-2H3,(H2,22,23,24). The van der Waals surface area contributed by atoms with Crippen molar-refractivity contribution >= 4 is 5.96 Å². The first-order valence-electron chi connectivity index (χ1n) is 9.23. The Morgan fingerprint density at radius 2 is 2.04 bits per heavy atom. The highest BCUT2D eigenvalue weighted by Gasteiger charge is 2.07. The molecule has 0 aliphatic heterocycles. The van der Waals surface area contributed by atoms with Gasteiger partial charge in [-0.25, -0.2) is 4.68 Å². The Bertz CT molecular complexity index is 851. The lowest BCUT2D eigenvalue weighted by atomic mass is 10.1. The SMILES string of the molecule is CCNC(=NCCCCCn1nc(-c2ccccc2)c(C)cc1=O)NC#N. The predicted molar refractivity (Wildman–Crippen MR) is 107 cm³/mol. The molecule has 0 saturated carbocycles. The van der Waals surface area contributed by atoms with Crippen LogP contribution in [0.3, 0.4) is 0 Å². The van der Waals surface area contributed by atoms with Gasteiger partial charge in [0.1, 0.15) is 0 Å². The van der Waals surface area contributed by atoms with E-state index in [9.17, 15) is 4.79 Å². The van der Waals surface area contributed by atoms with Crippen LogP contribution in [0.2, 0.25) is 0 Å². The molecular formula is C20H26N6O. The summed E-state index contributed by atoms with van der Waals surface area (Å²) in [5.74, 6) is 0.504. The Hall–Kier alpha value is -3.14. The summed E-state index contributed by atoms with van der Waals surface area (Å²) in [5.41, 5.74) is 2.67. The van der Waals surface area contributed by atoms with Crippen LogP contribution in [0.1, 0.15) is 31.7 Å². The average molecular weight is 366 g/mol. The molecule has 2 N–H and O–H groups in total. The number of nitrogens with one attached hydrogen (secondary N) is 2. The third-order valence-electron chi connectivity index (χ3n) is 4.05. The maximum Gasteiger partial charge on any atom is 0.267 e. The Kier molecular flexibility index (Phi) is 8.04. The van der Waals surface area contributed by atoms with Crippen LogP contribution in [0.5, 0.6) is 0 Å². The summed E-state index contributed by atoms with van der Waals surface area (Å²) in [7, 11) is 0. The van der Waals surface area contributed by atoms with Crippen LogP contribution in [-0.2, 0) is 6.54 Å². The van der Waals surface area contributed by atoms with Gasteiger partial charge in [0.25, 0.3) is 5.56 Å². The van der Waals surface area contributed by atoms with Gasteiger partial charge in [0, 0.05) is 31.3 Å². The molecule has 0 unspecified atom stereocenters.